The molecule has 11 heteroatoms. The lowest BCUT2D eigenvalue weighted by Gasteiger charge is -2.13. The molecule has 1 N–H and O–H groups in total. The highest BCUT2D eigenvalue weighted by Crippen LogP contribution is 2.32. The number of aromatic nitrogens is 5. The van der Waals surface area contributed by atoms with Gasteiger partial charge in [0.1, 0.15) is 34.7 Å². The van der Waals surface area contributed by atoms with Crippen molar-refractivity contribution < 1.29 is 17.9 Å². The molecular weight excluding hydrogens is 372 g/mol. The predicted molar refractivity (Wildman–Crippen MR) is 97.9 cm³/mol. The third-order valence-corrected chi connectivity index (χ3v) is 5.42. The molecule has 0 atom stereocenters. The van der Waals surface area contributed by atoms with E-state index < -0.39 is 10.0 Å². The van der Waals surface area contributed by atoms with Crippen LogP contribution in [-0.2, 0) is 16.6 Å². The largest absolute Gasteiger partial charge is 0.497 e. The zero-order valence-corrected chi connectivity index (χ0v) is 16.2. The number of methoxy groups -OCH3 is 2. The molecule has 10 nitrogen and oxygen atoms in total. The van der Waals surface area contributed by atoms with Crippen LogP contribution in [0.15, 0.2) is 35.7 Å². The summed E-state index contributed by atoms with van der Waals surface area (Å²) in [6.07, 6.45) is 2.90. The molecule has 0 radical (unpaired) electrons. The number of hydrogen-bond donors (Lipinski definition) is 1. The van der Waals surface area contributed by atoms with Gasteiger partial charge in [-0.15, -0.1) is 10.2 Å². The molecule has 0 amide bonds. The van der Waals surface area contributed by atoms with Gasteiger partial charge in [0.2, 0.25) is 0 Å². The minimum atomic E-state index is -3.98. The molecular formula is C16H20N6O4S. The Balaban J connectivity index is 2.11. The monoisotopic (exact) mass is 392 g/mol. The molecule has 3 rings (SSSR count). The topological polar surface area (TPSA) is 113 Å². The lowest BCUT2D eigenvalue weighted by atomic mass is 10.3. The summed E-state index contributed by atoms with van der Waals surface area (Å²) >= 11 is 0. The average Bonchev–Trinajstić information content (AvgIpc) is 3.30. The van der Waals surface area contributed by atoms with Crippen LogP contribution in [0.5, 0.6) is 11.5 Å². The molecule has 3 aromatic rings. The number of rotatable bonds is 7. The first-order valence-corrected chi connectivity index (χ1v) is 9.56. The van der Waals surface area contributed by atoms with Gasteiger partial charge in [0.15, 0.2) is 5.82 Å². The van der Waals surface area contributed by atoms with Crippen LogP contribution in [0.4, 0.5) is 5.69 Å². The van der Waals surface area contributed by atoms with E-state index in [1.165, 1.54) is 39.0 Å². The van der Waals surface area contributed by atoms with E-state index in [0.29, 0.717) is 29.5 Å². The van der Waals surface area contributed by atoms with Crippen molar-refractivity contribution in [1.29, 1.82) is 0 Å². The summed E-state index contributed by atoms with van der Waals surface area (Å²) in [5.74, 6) is 0.982. The quantitative estimate of drug-likeness (QED) is 0.650. The first-order valence-electron chi connectivity index (χ1n) is 8.08. The van der Waals surface area contributed by atoms with Crippen molar-refractivity contribution in [3.05, 3.63) is 36.5 Å². The number of aryl methyl sites for hydroxylation is 1. The van der Waals surface area contributed by atoms with Gasteiger partial charge in [-0.25, -0.2) is 8.42 Å². The van der Waals surface area contributed by atoms with Gasteiger partial charge in [0, 0.05) is 12.6 Å². The van der Waals surface area contributed by atoms with Crippen LogP contribution in [0.25, 0.3) is 5.82 Å². The summed E-state index contributed by atoms with van der Waals surface area (Å²) in [5, 5.41) is 12.0. The van der Waals surface area contributed by atoms with E-state index in [1.54, 1.807) is 22.2 Å². The molecule has 144 valence electrons. The van der Waals surface area contributed by atoms with Crippen LogP contribution in [0.3, 0.4) is 0 Å². The van der Waals surface area contributed by atoms with Crippen molar-refractivity contribution in [2.45, 2.75) is 25.3 Å². The zero-order chi connectivity index (χ0) is 19.6. The Hall–Kier alpha value is -3.08. The summed E-state index contributed by atoms with van der Waals surface area (Å²) in [5.41, 5.74) is 0.994. The first kappa shape index (κ1) is 18.7. The maximum absolute atomic E-state index is 13.1. The number of nitrogens with zero attached hydrogens (tertiary/aromatic N) is 5. The maximum Gasteiger partial charge on any atom is 0.265 e. The maximum atomic E-state index is 13.1. The summed E-state index contributed by atoms with van der Waals surface area (Å²) in [6.45, 7) is 4.27. The Morgan fingerprint density at radius 1 is 1.15 bits per heavy atom. The molecule has 0 spiro atoms. The molecule has 2 aromatic heterocycles. The second-order valence-corrected chi connectivity index (χ2v) is 7.24. The molecule has 0 unspecified atom stereocenters. The molecule has 27 heavy (non-hydrogen) atoms. The van der Waals surface area contributed by atoms with Crippen molar-refractivity contribution in [1.82, 2.24) is 24.5 Å². The fraction of sp³-hybridized carbons (Fsp3) is 0.312. The van der Waals surface area contributed by atoms with Gasteiger partial charge < -0.3 is 9.47 Å². The Morgan fingerprint density at radius 3 is 2.44 bits per heavy atom. The number of benzene rings is 1. The first-order chi connectivity index (χ1) is 12.9. The summed E-state index contributed by atoms with van der Waals surface area (Å²) in [7, 11) is -1.11. The average molecular weight is 392 g/mol. The second kappa shape index (κ2) is 7.27. The number of ether oxygens (including phenoxy) is 2. The molecule has 0 bridgehead atoms. The van der Waals surface area contributed by atoms with E-state index in [-0.39, 0.29) is 10.6 Å². The number of anilines is 1. The summed E-state index contributed by atoms with van der Waals surface area (Å²) in [4.78, 5) is -0.0392. The molecule has 0 fully saturated rings. The highest BCUT2D eigenvalue weighted by atomic mass is 32.2. The molecule has 0 saturated carbocycles. The Morgan fingerprint density at radius 2 is 1.85 bits per heavy atom. The van der Waals surface area contributed by atoms with E-state index in [0.717, 1.165) is 0 Å². The van der Waals surface area contributed by atoms with Gasteiger partial charge in [-0.3, -0.25) is 14.0 Å². The lowest BCUT2D eigenvalue weighted by molar-refractivity contribution is 0.392. The number of hydrogen-bond acceptors (Lipinski definition) is 7. The van der Waals surface area contributed by atoms with Crippen molar-refractivity contribution >= 4 is 15.7 Å². The molecule has 0 aliphatic carbocycles. The van der Waals surface area contributed by atoms with Gasteiger partial charge in [-0.1, -0.05) is 0 Å². The van der Waals surface area contributed by atoms with E-state index in [4.69, 9.17) is 9.47 Å². The lowest BCUT2D eigenvalue weighted by Crippen LogP contribution is -2.16. The minimum Gasteiger partial charge on any atom is -0.497 e. The van der Waals surface area contributed by atoms with Gasteiger partial charge in [-0.05, 0) is 26.0 Å². The molecule has 1 aromatic carbocycles. The van der Waals surface area contributed by atoms with Gasteiger partial charge in [-0.2, -0.15) is 5.10 Å². The van der Waals surface area contributed by atoms with Crippen molar-refractivity contribution in [3.8, 4) is 17.3 Å². The van der Waals surface area contributed by atoms with Crippen molar-refractivity contribution in [3.63, 3.8) is 0 Å². The van der Waals surface area contributed by atoms with E-state index in [2.05, 4.69) is 20.0 Å². The fourth-order valence-corrected chi connectivity index (χ4v) is 3.94. The van der Waals surface area contributed by atoms with E-state index in [9.17, 15) is 8.42 Å². The van der Waals surface area contributed by atoms with Gasteiger partial charge in [0.25, 0.3) is 10.0 Å². The normalized spacial score (nSPS) is 11.4. The third-order valence-electron chi connectivity index (χ3n) is 4.05. The Kier molecular flexibility index (Phi) is 5.04. The van der Waals surface area contributed by atoms with Crippen molar-refractivity contribution in [2.75, 3.05) is 18.9 Å². The SMILES string of the molecule is CCn1nc(-n2cnnc2)c(NS(=O)(=O)c2cc(OC)ccc2OC)c1C. The molecule has 0 aliphatic rings. The molecule has 0 aliphatic heterocycles. The van der Waals surface area contributed by atoms with Crippen molar-refractivity contribution in [2.24, 2.45) is 0 Å². The van der Waals surface area contributed by atoms with Crippen LogP contribution in [0.1, 0.15) is 12.6 Å². The van der Waals surface area contributed by atoms with E-state index >= 15 is 0 Å². The Labute approximate surface area is 156 Å². The standard InChI is InChI=1S/C16H20N6O4S/c1-5-22-11(2)15(16(19-22)21-9-17-18-10-21)20-27(23,24)14-8-12(25-3)6-7-13(14)26-4/h6-10,20H,5H2,1-4H3. The van der Waals surface area contributed by atoms with Gasteiger partial charge >= 0.3 is 0 Å². The highest BCUT2D eigenvalue weighted by molar-refractivity contribution is 7.92. The van der Waals surface area contributed by atoms with Crippen LogP contribution in [-0.4, -0.2) is 47.2 Å². The van der Waals surface area contributed by atoms with Crippen LogP contribution >= 0.6 is 0 Å². The number of sulfonamides is 1. The third kappa shape index (κ3) is 3.45. The van der Waals surface area contributed by atoms with Crippen LogP contribution < -0.4 is 14.2 Å². The molecule has 2 heterocycles. The van der Waals surface area contributed by atoms with Gasteiger partial charge in [0.05, 0.1) is 19.9 Å². The second-order valence-electron chi connectivity index (χ2n) is 5.59. The van der Waals surface area contributed by atoms with Crippen LogP contribution in [0.2, 0.25) is 0 Å². The smallest absolute Gasteiger partial charge is 0.265 e. The fourth-order valence-electron chi connectivity index (χ4n) is 2.63. The molecule has 0 saturated heterocycles. The minimum absolute atomic E-state index is 0.0392. The Bertz CT molecular complexity index is 1040. The van der Waals surface area contributed by atoms with Crippen LogP contribution in [0, 0.1) is 6.92 Å². The number of nitrogens with one attached hydrogen (secondary N) is 1. The zero-order valence-electron chi connectivity index (χ0n) is 15.4. The highest BCUT2D eigenvalue weighted by Gasteiger charge is 2.25. The summed E-state index contributed by atoms with van der Waals surface area (Å²) < 4.78 is 42.4. The summed E-state index contributed by atoms with van der Waals surface area (Å²) in [6, 6.07) is 4.57. The van der Waals surface area contributed by atoms with E-state index in [1.807, 2.05) is 6.92 Å². The predicted octanol–water partition coefficient (Wildman–Crippen LogP) is 1.61.